The van der Waals surface area contributed by atoms with Gasteiger partial charge in [-0.3, -0.25) is 0 Å². The van der Waals surface area contributed by atoms with Crippen molar-refractivity contribution >= 4 is 43.6 Å². The maximum absolute atomic E-state index is 2.49. The van der Waals surface area contributed by atoms with Gasteiger partial charge in [-0.15, -0.1) is 0 Å². The molecule has 0 radical (unpaired) electrons. The van der Waals surface area contributed by atoms with Crippen LogP contribution in [0.25, 0.3) is 88.4 Å². The largest absolute Gasteiger partial charge is 0.309 e. The number of rotatable bonds is 8. The summed E-state index contributed by atoms with van der Waals surface area (Å²) in [5.41, 5.74) is 15.9. The first kappa shape index (κ1) is 32.0. The molecule has 2 nitrogen and oxygen atoms in total. The number of fused-ring (bicyclic) bond motifs is 7. The van der Waals surface area contributed by atoms with Gasteiger partial charge in [0.1, 0.15) is 0 Å². The molecule has 0 aliphatic heterocycles. The van der Waals surface area contributed by atoms with Gasteiger partial charge in [-0.05, 0) is 94.3 Å². The van der Waals surface area contributed by atoms with Gasteiger partial charge < -0.3 is 9.13 Å². The van der Waals surface area contributed by atoms with Gasteiger partial charge in [0, 0.05) is 32.9 Å². The molecule has 258 valence electrons. The Morgan fingerprint density at radius 1 is 0.370 bits per heavy atom. The van der Waals surface area contributed by atoms with E-state index in [0.717, 1.165) is 17.8 Å². The number of hydrogen-bond acceptors (Lipinski definition) is 0. The Morgan fingerprint density at radius 2 is 0.926 bits per heavy atom. The van der Waals surface area contributed by atoms with Crippen LogP contribution in [0.15, 0.2) is 188 Å². The fraction of sp³-hybridized carbons (Fsp3) is 0.0769. The summed E-state index contributed by atoms with van der Waals surface area (Å²) in [5, 5.41) is 5.04. The lowest BCUT2D eigenvalue weighted by molar-refractivity contribution is 0.795. The lowest BCUT2D eigenvalue weighted by atomic mass is 10.00. The summed E-state index contributed by atoms with van der Waals surface area (Å²) in [4.78, 5) is 0. The molecule has 0 bridgehead atoms. The molecule has 2 heteroatoms. The molecule has 0 N–H and O–H groups in total. The molecule has 0 saturated carbocycles. The molecule has 0 saturated heterocycles. The van der Waals surface area contributed by atoms with Gasteiger partial charge in [-0.1, -0.05) is 159 Å². The van der Waals surface area contributed by atoms with Gasteiger partial charge in [-0.2, -0.15) is 0 Å². The van der Waals surface area contributed by atoms with Crippen molar-refractivity contribution in [3.05, 3.63) is 194 Å². The van der Waals surface area contributed by atoms with E-state index in [0.29, 0.717) is 0 Å². The second kappa shape index (κ2) is 13.4. The Morgan fingerprint density at radius 3 is 1.63 bits per heavy atom. The number of aryl methyl sites for hydroxylation is 1. The van der Waals surface area contributed by atoms with Gasteiger partial charge >= 0.3 is 0 Å². The predicted octanol–water partition coefficient (Wildman–Crippen LogP) is 14.2. The van der Waals surface area contributed by atoms with E-state index in [9.17, 15) is 0 Å². The van der Waals surface area contributed by atoms with Crippen molar-refractivity contribution in [3.8, 4) is 44.8 Å². The van der Waals surface area contributed by atoms with Crippen molar-refractivity contribution in [1.82, 2.24) is 9.13 Å². The van der Waals surface area contributed by atoms with Crippen LogP contribution in [-0.2, 0) is 6.42 Å². The molecule has 10 rings (SSSR count). The molecule has 54 heavy (non-hydrogen) atoms. The minimum atomic E-state index is 1.14. The summed E-state index contributed by atoms with van der Waals surface area (Å²) in [6.45, 7) is 2.25. The monoisotopic (exact) mass is 692 g/mol. The molecular weight excluding hydrogens is 653 g/mol. The van der Waals surface area contributed by atoms with Crippen molar-refractivity contribution in [1.29, 1.82) is 0 Å². The molecular formula is C52H40N2. The second-order valence-corrected chi connectivity index (χ2v) is 14.4. The zero-order valence-corrected chi connectivity index (χ0v) is 30.4. The van der Waals surface area contributed by atoms with Gasteiger partial charge in [-0.25, -0.2) is 0 Å². The maximum Gasteiger partial charge on any atom is 0.0641 e. The van der Waals surface area contributed by atoms with Crippen LogP contribution >= 0.6 is 0 Å². The Bertz CT molecular complexity index is 2930. The lowest BCUT2D eigenvalue weighted by Crippen LogP contribution is -1.96. The minimum Gasteiger partial charge on any atom is -0.309 e. The third-order valence-corrected chi connectivity index (χ3v) is 11.1. The summed E-state index contributed by atoms with van der Waals surface area (Å²) in [6.07, 6.45) is 3.60. The van der Waals surface area contributed by atoms with Gasteiger partial charge in [0.2, 0.25) is 0 Å². The third-order valence-electron chi connectivity index (χ3n) is 11.1. The van der Waals surface area contributed by atoms with E-state index in [4.69, 9.17) is 0 Å². The van der Waals surface area contributed by atoms with Crippen LogP contribution in [-0.4, -0.2) is 9.13 Å². The van der Waals surface area contributed by atoms with E-state index in [1.165, 1.54) is 95.4 Å². The molecule has 2 heterocycles. The highest BCUT2D eigenvalue weighted by Crippen LogP contribution is 2.42. The molecule has 10 aromatic rings. The number of para-hydroxylation sites is 2. The standard InChI is InChI=1S/C52H40N2/c1-2-3-12-36-21-23-38(24-22-36)40-29-31-43(32-30-40)53-49-20-10-8-18-47(49)51-50(53)34-33-46-45-17-7-9-19-48(45)54(52(46)51)44-16-11-15-42(35-44)41-27-25-39(26-28-41)37-13-5-4-6-14-37/h4-11,13-35H,2-3,12H2,1H3. The topological polar surface area (TPSA) is 9.86 Å². The van der Waals surface area contributed by atoms with Crippen LogP contribution in [0.4, 0.5) is 0 Å². The molecule has 0 atom stereocenters. The van der Waals surface area contributed by atoms with Crippen molar-refractivity contribution in [3.63, 3.8) is 0 Å². The zero-order valence-electron chi connectivity index (χ0n) is 30.4. The van der Waals surface area contributed by atoms with E-state index in [2.05, 4.69) is 204 Å². The van der Waals surface area contributed by atoms with Gasteiger partial charge in [0.05, 0.1) is 22.1 Å². The molecule has 0 spiro atoms. The maximum atomic E-state index is 2.49. The van der Waals surface area contributed by atoms with Crippen molar-refractivity contribution < 1.29 is 0 Å². The summed E-state index contributed by atoms with van der Waals surface area (Å²) in [7, 11) is 0. The van der Waals surface area contributed by atoms with Crippen LogP contribution in [0.2, 0.25) is 0 Å². The Labute approximate surface area is 316 Å². The fourth-order valence-electron chi connectivity index (χ4n) is 8.41. The average molecular weight is 693 g/mol. The fourth-order valence-corrected chi connectivity index (χ4v) is 8.41. The van der Waals surface area contributed by atoms with Crippen LogP contribution in [0.3, 0.4) is 0 Å². The quantitative estimate of drug-likeness (QED) is 0.150. The minimum absolute atomic E-state index is 1.14. The molecule has 0 unspecified atom stereocenters. The summed E-state index contributed by atoms with van der Waals surface area (Å²) in [6, 6.07) is 69.1. The van der Waals surface area contributed by atoms with E-state index < -0.39 is 0 Å². The summed E-state index contributed by atoms with van der Waals surface area (Å²) in [5.74, 6) is 0. The Balaban J connectivity index is 1.13. The number of benzene rings is 8. The highest BCUT2D eigenvalue weighted by Gasteiger charge is 2.21. The zero-order chi connectivity index (χ0) is 36.0. The van der Waals surface area contributed by atoms with Gasteiger partial charge in [0.15, 0.2) is 0 Å². The second-order valence-electron chi connectivity index (χ2n) is 14.4. The van der Waals surface area contributed by atoms with E-state index >= 15 is 0 Å². The Kier molecular flexibility index (Phi) is 7.95. The Hall–Kier alpha value is -6.64. The van der Waals surface area contributed by atoms with Crippen molar-refractivity contribution in [2.24, 2.45) is 0 Å². The molecule has 2 aromatic heterocycles. The number of nitrogens with zero attached hydrogens (tertiary/aromatic N) is 2. The SMILES string of the molecule is CCCCc1ccc(-c2ccc(-n3c4ccccc4c4c3ccc3c5ccccc5n(-c5cccc(-c6ccc(-c7ccccc7)cc6)c5)c34)cc2)cc1. The first-order valence-corrected chi connectivity index (χ1v) is 19.2. The molecule has 0 aliphatic rings. The van der Waals surface area contributed by atoms with Crippen LogP contribution in [0.5, 0.6) is 0 Å². The van der Waals surface area contributed by atoms with Crippen molar-refractivity contribution in [2.75, 3.05) is 0 Å². The first-order valence-electron chi connectivity index (χ1n) is 19.2. The first-order chi connectivity index (χ1) is 26.7. The third kappa shape index (κ3) is 5.42. The smallest absolute Gasteiger partial charge is 0.0641 e. The number of unbranched alkanes of at least 4 members (excludes halogenated alkanes) is 1. The normalized spacial score (nSPS) is 11.6. The average Bonchev–Trinajstić information content (AvgIpc) is 3.77. The predicted molar refractivity (Wildman–Crippen MR) is 230 cm³/mol. The van der Waals surface area contributed by atoms with Crippen LogP contribution in [0, 0.1) is 0 Å². The molecule has 0 aliphatic carbocycles. The lowest BCUT2D eigenvalue weighted by Gasteiger charge is -2.12. The van der Waals surface area contributed by atoms with E-state index in [1.54, 1.807) is 0 Å². The van der Waals surface area contributed by atoms with Gasteiger partial charge in [0.25, 0.3) is 0 Å². The highest BCUT2D eigenvalue weighted by atomic mass is 15.0. The molecule has 0 amide bonds. The van der Waals surface area contributed by atoms with E-state index in [-0.39, 0.29) is 0 Å². The van der Waals surface area contributed by atoms with Crippen molar-refractivity contribution in [2.45, 2.75) is 26.2 Å². The van der Waals surface area contributed by atoms with Crippen LogP contribution < -0.4 is 0 Å². The highest BCUT2D eigenvalue weighted by molar-refractivity contribution is 6.26. The number of hydrogen-bond donors (Lipinski definition) is 0. The molecule has 0 fully saturated rings. The van der Waals surface area contributed by atoms with E-state index in [1.807, 2.05) is 0 Å². The number of aromatic nitrogens is 2. The van der Waals surface area contributed by atoms with Crippen LogP contribution in [0.1, 0.15) is 25.3 Å². The summed E-state index contributed by atoms with van der Waals surface area (Å²) < 4.78 is 4.92. The molecule has 8 aromatic carbocycles. The summed E-state index contributed by atoms with van der Waals surface area (Å²) >= 11 is 0.